The molecule has 0 aromatic heterocycles. The molecule has 1 aromatic carbocycles. The van der Waals surface area contributed by atoms with Gasteiger partial charge in [0.1, 0.15) is 12.1 Å². The van der Waals surface area contributed by atoms with Crippen LogP contribution in [0.15, 0.2) is 24.3 Å². The van der Waals surface area contributed by atoms with Gasteiger partial charge in [0.25, 0.3) is 5.91 Å². The summed E-state index contributed by atoms with van der Waals surface area (Å²) in [5.74, 6) is -0.144. The second-order valence-electron chi connectivity index (χ2n) is 5.54. The molecule has 0 spiro atoms. The Bertz CT molecular complexity index is 510. The Morgan fingerprint density at radius 3 is 2.40 bits per heavy atom. The van der Waals surface area contributed by atoms with Crippen LogP contribution in [0.25, 0.3) is 0 Å². The van der Waals surface area contributed by atoms with Crippen LogP contribution in [0.1, 0.15) is 39.2 Å². The summed E-state index contributed by atoms with van der Waals surface area (Å²) in [6, 6.07) is 7.92. The predicted octanol–water partition coefficient (Wildman–Crippen LogP) is 2.27. The van der Waals surface area contributed by atoms with E-state index in [1.165, 1.54) is 5.56 Å². The average Bonchev–Trinajstić information content (AvgIpc) is 2.44. The lowest BCUT2D eigenvalue weighted by molar-refractivity contribution is -0.135. The van der Waals surface area contributed by atoms with Gasteiger partial charge in [-0.2, -0.15) is 0 Å². The van der Waals surface area contributed by atoms with E-state index in [4.69, 9.17) is 0 Å². The van der Waals surface area contributed by atoms with Gasteiger partial charge in [-0.3, -0.25) is 9.59 Å². The van der Waals surface area contributed by atoms with Crippen molar-refractivity contribution < 1.29 is 9.59 Å². The van der Waals surface area contributed by atoms with Crippen LogP contribution in [0.2, 0.25) is 0 Å². The summed E-state index contributed by atoms with van der Waals surface area (Å²) < 4.78 is 0. The molecule has 1 unspecified atom stereocenters. The summed E-state index contributed by atoms with van der Waals surface area (Å²) >= 11 is 0. The van der Waals surface area contributed by atoms with E-state index in [9.17, 15) is 9.59 Å². The van der Waals surface area contributed by atoms with Crippen molar-refractivity contribution in [2.24, 2.45) is 0 Å². The molecule has 1 N–H and O–H groups in total. The highest BCUT2D eigenvalue weighted by atomic mass is 16.2. The number of nitrogens with zero attached hydrogens (tertiary/aromatic N) is 1. The highest BCUT2D eigenvalue weighted by Gasteiger charge is 2.41. The molecule has 4 nitrogen and oxygen atoms in total. The van der Waals surface area contributed by atoms with Gasteiger partial charge < -0.3 is 10.2 Å². The molecule has 1 atom stereocenters. The third kappa shape index (κ3) is 2.69. The van der Waals surface area contributed by atoms with Gasteiger partial charge in [0.05, 0.1) is 0 Å². The molecule has 108 valence electrons. The molecule has 0 saturated carbocycles. The fourth-order valence-corrected chi connectivity index (χ4v) is 2.49. The Kier molecular flexibility index (Phi) is 4.12. The van der Waals surface area contributed by atoms with Crippen molar-refractivity contribution in [2.45, 2.75) is 45.6 Å². The number of benzene rings is 1. The first-order valence-corrected chi connectivity index (χ1v) is 7.22. The molecule has 1 fully saturated rings. The highest BCUT2D eigenvalue weighted by molar-refractivity contribution is 6.08. The first-order valence-electron chi connectivity index (χ1n) is 7.22. The van der Waals surface area contributed by atoms with Gasteiger partial charge in [-0.15, -0.1) is 0 Å². The van der Waals surface area contributed by atoms with Crippen molar-refractivity contribution >= 4 is 17.5 Å². The molecule has 0 bridgehead atoms. The Balaban J connectivity index is 2.26. The van der Waals surface area contributed by atoms with Crippen LogP contribution in [-0.4, -0.2) is 23.9 Å². The lowest BCUT2D eigenvalue weighted by Gasteiger charge is -2.39. The number of carbonyl (C=O) groups excluding carboxylic acids is 2. The van der Waals surface area contributed by atoms with Gasteiger partial charge in [0.15, 0.2) is 0 Å². The third-order valence-corrected chi connectivity index (χ3v) is 3.93. The molecule has 20 heavy (non-hydrogen) atoms. The van der Waals surface area contributed by atoms with Crippen LogP contribution >= 0.6 is 0 Å². The largest absolute Gasteiger partial charge is 0.340 e. The fourth-order valence-electron chi connectivity index (χ4n) is 2.49. The maximum atomic E-state index is 12.5. The van der Waals surface area contributed by atoms with Crippen molar-refractivity contribution in [3.63, 3.8) is 0 Å². The Labute approximate surface area is 120 Å². The number of amides is 2. The molecule has 1 saturated heterocycles. The van der Waals surface area contributed by atoms with Crippen LogP contribution in [-0.2, 0) is 16.0 Å². The number of rotatable bonds is 4. The van der Waals surface area contributed by atoms with E-state index in [0.29, 0.717) is 6.42 Å². The molecule has 2 rings (SSSR count). The molecular weight excluding hydrogens is 252 g/mol. The maximum absolute atomic E-state index is 12.5. The van der Waals surface area contributed by atoms with Crippen molar-refractivity contribution in [2.75, 3.05) is 11.4 Å². The lowest BCUT2D eigenvalue weighted by atomic mass is 9.94. The smallest absolute Gasteiger partial charge is 0.252 e. The molecule has 2 amide bonds. The summed E-state index contributed by atoms with van der Waals surface area (Å²) in [7, 11) is 0. The first-order chi connectivity index (χ1) is 9.50. The van der Waals surface area contributed by atoms with Gasteiger partial charge in [-0.1, -0.05) is 32.4 Å². The zero-order valence-corrected chi connectivity index (χ0v) is 12.4. The third-order valence-electron chi connectivity index (χ3n) is 3.93. The highest BCUT2D eigenvalue weighted by Crippen LogP contribution is 2.24. The molecule has 0 aliphatic carbocycles. The molecule has 4 heteroatoms. The number of piperazine rings is 1. The van der Waals surface area contributed by atoms with Crippen molar-refractivity contribution in [3.05, 3.63) is 29.8 Å². The summed E-state index contributed by atoms with van der Waals surface area (Å²) in [4.78, 5) is 26.0. The summed E-state index contributed by atoms with van der Waals surface area (Å²) in [5, 5.41) is 2.79. The number of nitrogens with one attached hydrogen (secondary N) is 1. The van der Waals surface area contributed by atoms with Crippen molar-refractivity contribution in [1.29, 1.82) is 0 Å². The Hall–Kier alpha value is -1.84. The zero-order valence-electron chi connectivity index (χ0n) is 12.4. The van der Waals surface area contributed by atoms with Crippen LogP contribution in [0.4, 0.5) is 5.69 Å². The van der Waals surface area contributed by atoms with E-state index < -0.39 is 5.54 Å². The van der Waals surface area contributed by atoms with Crippen LogP contribution < -0.4 is 10.2 Å². The minimum absolute atomic E-state index is 0.0390. The number of carbonyl (C=O) groups is 2. The number of anilines is 1. The second-order valence-corrected chi connectivity index (χ2v) is 5.54. The summed E-state index contributed by atoms with van der Waals surface area (Å²) in [5.41, 5.74) is 1.25. The van der Waals surface area contributed by atoms with Gasteiger partial charge in [0, 0.05) is 5.69 Å². The molecule has 1 aromatic rings. The second kappa shape index (κ2) is 5.65. The Morgan fingerprint density at radius 2 is 1.85 bits per heavy atom. The zero-order chi connectivity index (χ0) is 14.8. The van der Waals surface area contributed by atoms with E-state index in [0.717, 1.165) is 18.5 Å². The minimum Gasteiger partial charge on any atom is -0.340 e. The SMILES string of the molecule is CCCc1ccc(N2CC(=O)NC(C)(CC)C2=O)cc1. The van der Waals surface area contributed by atoms with Crippen LogP contribution in [0.5, 0.6) is 0 Å². The van der Waals surface area contributed by atoms with Crippen LogP contribution in [0.3, 0.4) is 0 Å². The quantitative estimate of drug-likeness (QED) is 0.915. The topological polar surface area (TPSA) is 49.4 Å². The van der Waals surface area contributed by atoms with Crippen molar-refractivity contribution in [3.8, 4) is 0 Å². The monoisotopic (exact) mass is 274 g/mol. The van der Waals surface area contributed by atoms with E-state index in [2.05, 4.69) is 12.2 Å². The predicted molar refractivity (Wildman–Crippen MR) is 79.6 cm³/mol. The van der Waals surface area contributed by atoms with Crippen LogP contribution in [0, 0.1) is 0 Å². The van der Waals surface area contributed by atoms with E-state index in [1.807, 2.05) is 31.2 Å². The number of hydrogen-bond donors (Lipinski definition) is 1. The van der Waals surface area contributed by atoms with Gasteiger partial charge in [-0.05, 0) is 37.5 Å². The van der Waals surface area contributed by atoms with Gasteiger partial charge in [0.2, 0.25) is 5.91 Å². The number of aryl methyl sites for hydroxylation is 1. The van der Waals surface area contributed by atoms with E-state index in [-0.39, 0.29) is 18.4 Å². The normalized spacial score (nSPS) is 22.9. The first kappa shape index (κ1) is 14.6. The lowest BCUT2D eigenvalue weighted by Crippen LogP contribution is -2.65. The fraction of sp³-hybridized carbons (Fsp3) is 0.500. The van der Waals surface area contributed by atoms with E-state index in [1.54, 1.807) is 11.8 Å². The standard InChI is InChI=1S/C16H22N2O2/c1-4-6-12-7-9-13(10-8-12)18-11-14(19)17-16(3,5-2)15(18)20/h7-10H,4-6,11H2,1-3H3,(H,17,19). The van der Waals surface area contributed by atoms with E-state index >= 15 is 0 Å². The maximum Gasteiger partial charge on any atom is 0.252 e. The molecule has 1 heterocycles. The minimum atomic E-state index is -0.794. The molecule has 1 aliphatic rings. The summed E-state index contributed by atoms with van der Waals surface area (Å²) in [6.45, 7) is 5.93. The van der Waals surface area contributed by atoms with Gasteiger partial charge in [-0.25, -0.2) is 0 Å². The summed E-state index contributed by atoms with van der Waals surface area (Å²) in [6.07, 6.45) is 2.71. The van der Waals surface area contributed by atoms with Gasteiger partial charge >= 0.3 is 0 Å². The Morgan fingerprint density at radius 1 is 1.20 bits per heavy atom. The molecule has 0 radical (unpaired) electrons. The molecular formula is C16H22N2O2. The van der Waals surface area contributed by atoms with Crippen molar-refractivity contribution in [1.82, 2.24) is 5.32 Å². The number of hydrogen-bond acceptors (Lipinski definition) is 2. The molecule has 1 aliphatic heterocycles. The average molecular weight is 274 g/mol.